The van der Waals surface area contributed by atoms with Crippen molar-refractivity contribution >= 4 is 46.0 Å². The van der Waals surface area contributed by atoms with Crippen LogP contribution in [0.15, 0.2) is 12.1 Å². The highest BCUT2D eigenvalue weighted by atomic mass is 35.5. The summed E-state index contributed by atoms with van der Waals surface area (Å²) >= 11 is 7.08. The second-order valence-electron chi connectivity index (χ2n) is 6.37. The predicted octanol–water partition coefficient (Wildman–Crippen LogP) is 4.07. The molecule has 1 aromatic carbocycles. The number of carbonyl (C=O) groups is 3. The van der Waals surface area contributed by atoms with E-state index >= 15 is 0 Å². The topological polar surface area (TPSA) is 74.7 Å². The number of carbonyl (C=O) groups excluding carboxylic acids is 2. The van der Waals surface area contributed by atoms with Gasteiger partial charge < -0.3 is 5.11 Å². The van der Waals surface area contributed by atoms with Gasteiger partial charge in [-0.2, -0.15) is 0 Å². The minimum atomic E-state index is -1.12. The first-order valence-electron chi connectivity index (χ1n) is 8.02. The molecule has 1 aromatic rings. The van der Waals surface area contributed by atoms with Crippen molar-refractivity contribution in [2.24, 2.45) is 5.92 Å². The van der Waals surface area contributed by atoms with Gasteiger partial charge in [0.2, 0.25) is 5.91 Å². The molecule has 138 valence electrons. The lowest BCUT2D eigenvalue weighted by Gasteiger charge is -2.30. The lowest BCUT2D eigenvalue weighted by atomic mass is 10.1. The molecule has 1 atom stereocenters. The summed E-state index contributed by atoms with van der Waals surface area (Å²) in [5.74, 6) is -1.44. The molecule has 25 heavy (non-hydrogen) atoms. The number of carboxylic acid groups (broad SMARTS) is 1. The number of benzene rings is 1. The van der Waals surface area contributed by atoms with Gasteiger partial charge in [-0.15, -0.1) is 0 Å². The molecule has 0 bridgehead atoms. The lowest BCUT2D eigenvalue weighted by molar-refractivity contribution is -0.139. The number of aliphatic carboxylic acids is 1. The number of nitrogens with zero attached hydrogens (tertiary/aromatic N) is 1. The molecule has 0 aliphatic heterocycles. The molecule has 0 spiro atoms. The number of amides is 1. The molecule has 1 rings (SSSR count). The molecule has 1 amide bonds. The maximum atomic E-state index is 12.7. The molecular formula is C18H24ClNO4S. The fourth-order valence-corrected chi connectivity index (χ4v) is 3.46. The van der Waals surface area contributed by atoms with Gasteiger partial charge >= 0.3 is 5.97 Å². The Morgan fingerprint density at radius 2 is 1.80 bits per heavy atom. The number of thioether (sulfide) groups is 1. The summed E-state index contributed by atoms with van der Waals surface area (Å²) in [6, 6.07) is 2.39. The van der Waals surface area contributed by atoms with E-state index in [1.807, 2.05) is 13.8 Å². The number of carboxylic acids is 1. The van der Waals surface area contributed by atoms with E-state index < -0.39 is 17.9 Å². The van der Waals surface area contributed by atoms with E-state index in [1.165, 1.54) is 11.8 Å². The van der Waals surface area contributed by atoms with Crippen LogP contribution in [0, 0.1) is 19.8 Å². The molecule has 7 heteroatoms. The van der Waals surface area contributed by atoms with Gasteiger partial charge in [0, 0.05) is 11.4 Å². The van der Waals surface area contributed by atoms with Gasteiger partial charge in [-0.25, -0.2) is 4.79 Å². The van der Waals surface area contributed by atoms with E-state index in [0.717, 1.165) is 17.3 Å². The highest BCUT2D eigenvalue weighted by molar-refractivity contribution is 8.14. The Kier molecular flexibility index (Phi) is 7.96. The van der Waals surface area contributed by atoms with Crippen LogP contribution in [0.3, 0.4) is 0 Å². The number of hydrogen-bond donors (Lipinski definition) is 1. The monoisotopic (exact) mass is 385 g/mol. The summed E-state index contributed by atoms with van der Waals surface area (Å²) in [5, 5.41) is 9.79. The highest BCUT2D eigenvalue weighted by Crippen LogP contribution is 2.32. The average Bonchev–Trinajstić information content (AvgIpc) is 2.51. The third kappa shape index (κ3) is 5.75. The average molecular weight is 386 g/mol. The molecular weight excluding hydrogens is 362 g/mol. The molecule has 0 fully saturated rings. The third-order valence-corrected chi connectivity index (χ3v) is 5.04. The Balaban J connectivity index is 3.15. The fourth-order valence-electron chi connectivity index (χ4n) is 2.43. The Labute approximate surface area is 157 Å². The van der Waals surface area contributed by atoms with E-state index in [9.17, 15) is 19.5 Å². The van der Waals surface area contributed by atoms with Crippen molar-refractivity contribution in [3.8, 4) is 0 Å². The van der Waals surface area contributed by atoms with Crippen LogP contribution in [0.2, 0.25) is 5.02 Å². The van der Waals surface area contributed by atoms with Gasteiger partial charge in [-0.1, -0.05) is 43.3 Å². The first-order chi connectivity index (χ1) is 11.6. The van der Waals surface area contributed by atoms with Crippen LogP contribution in [0.25, 0.3) is 0 Å². The fraction of sp³-hybridized carbons (Fsp3) is 0.500. The second kappa shape index (κ2) is 9.25. The van der Waals surface area contributed by atoms with Crippen LogP contribution in [0.4, 0.5) is 5.69 Å². The van der Waals surface area contributed by atoms with E-state index in [0.29, 0.717) is 22.7 Å². The molecule has 0 radical (unpaired) electrons. The van der Waals surface area contributed by atoms with Gasteiger partial charge in [0.25, 0.3) is 0 Å². The summed E-state index contributed by atoms with van der Waals surface area (Å²) in [6.45, 7) is 8.84. The van der Waals surface area contributed by atoms with Gasteiger partial charge in [-0.05, 0) is 43.9 Å². The molecule has 0 unspecified atom stereocenters. The zero-order valence-electron chi connectivity index (χ0n) is 15.1. The summed E-state index contributed by atoms with van der Waals surface area (Å²) in [5.41, 5.74) is 1.88. The van der Waals surface area contributed by atoms with Crippen molar-refractivity contribution in [3.63, 3.8) is 0 Å². The van der Waals surface area contributed by atoms with Crippen LogP contribution in [0.5, 0.6) is 0 Å². The zero-order chi connectivity index (χ0) is 19.3. The number of anilines is 1. The third-order valence-electron chi connectivity index (χ3n) is 3.75. The quantitative estimate of drug-likeness (QED) is 0.765. The Bertz CT molecular complexity index is 675. The van der Waals surface area contributed by atoms with Crippen LogP contribution >= 0.6 is 23.4 Å². The summed E-state index contributed by atoms with van der Waals surface area (Å²) in [4.78, 5) is 37.3. The molecule has 0 aliphatic rings. The number of hydrogen-bond acceptors (Lipinski definition) is 4. The maximum absolute atomic E-state index is 12.7. The number of halogens is 1. The van der Waals surface area contributed by atoms with Crippen molar-refractivity contribution in [2.75, 3.05) is 10.7 Å². The van der Waals surface area contributed by atoms with E-state index in [2.05, 4.69) is 0 Å². The smallest absolute Gasteiger partial charge is 0.326 e. The SMILES string of the molecule is Cc1ccc(Cl)c(C)c1N(C(=O)CSC(=O)CC(C)C)[C@@H](C)C(=O)O. The van der Waals surface area contributed by atoms with Crippen molar-refractivity contribution in [1.29, 1.82) is 0 Å². The number of rotatable bonds is 7. The van der Waals surface area contributed by atoms with Crippen molar-refractivity contribution in [3.05, 3.63) is 28.3 Å². The van der Waals surface area contributed by atoms with Gasteiger partial charge in [0.05, 0.1) is 11.4 Å². The summed E-state index contributed by atoms with van der Waals surface area (Å²) in [6.07, 6.45) is 0.377. The first kappa shape index (κ1) is 21.5. The Morgan fingerprint density at radius 1 is 1.20 bits per heavy atom. The van der Waals surface area contributed by atoms with E-state index in [-0.39, 0.29) is 16.8 Å². The minimum absolute atomic E-state index is 0.0779. The molecule has 5 nitrogen and oxygen atoms in total. The standard InChI is InChI=1S/C18H24ClNO4S/c1-10(2)8-16(22)25-9-15(21)20(13(5)18(23)24)17-11(3)6-7-14(19)12(17)4/h6-7,10,13H,8-9H2,1-5H3,(H,23,24)/t13-/m0/s1. The first-order valence-corrected chi connectivity index (χ1v) is 9.38. The van der Waals surface area contributed by atoms with Crippen molar-refractivity contribution in [1.82, 2.24) is 0 Å². The Hall–Kier alpha value is -1.53. The lowest BCUT2D eigenvalue weighted by Crippen LogP contribution is -2.45. The molecule has 1 N–H and O–H groups in total. The van der Waals surface area contributed by atoms with Crippen LogP contribution in [-0.4, -0.2) is 33.9 Å². The number of aryl methyl sites for hydroxylation is 1. The predicted molar refractivity (Wildman–Crippen MR) is 102 cm³/mol. The summed E-state index contributed by atoms with van der Waals surface area (Å²) in [7, 11) is 0. The molecule has 0 saturated carbocycles. The van der Waals surface area contributed by atoms with Gasteiger partial charge in [0.1, 0.15) is 6.04 Å². The van der Waals surface area contributed by atoms with E-state index in [4.69, 9.17) is 11.6 Å². The van der Waals surface area contributed by atoms with Crippen LogP contribution in [0.1, 0.15) is 38.3 Å². The van der Waals surface area contributed by atoms with Gasteiger partial charge in [0.15, 0.2) is 5.12 Å². The molecule has 0 heterocycles. The normalized spacial score (nSPS) is 12.1. The maximum Gasteiger partial charge on any atom is 0.326 e. The molecule has 0 aromatic heterocycles. The van der Waals surface area contributed by atoms with Crippen LogP contribution in [-0.2, 0) is 14.4 Å². The highest BCUT2D eigenvalue weighted by Gasteiger charge is 2.30. The zero-order valence-corrected chi connectivity index (χ0v) is 16.7. The Morgan fingerprint density at radius 3 is 2.32 bits per heavy atom. The van der Waals surface area contributed by atoms with E-state index in [1.54, 1.807) is 26.0 Å². The second-order valence-corrected chi connectivity index (χ2v) is 7.81. The van der Waals surface area contributed by atoms with Crippen molar-refractivity contribution < 1.29 is 19.5 Å². The van der Waals surface area contributed by atoms with Crippen LogP contribution < -0.4 is 4.90 Å². The minimum Gasteiger partial charge on any atom is -0.480 e. The largest absolute Gasteiger partial charge is 0.480 e. The molecule has 0 saturated heterocycles. The van der Waals surface area contributed by atoms with Crippen molar-refractivity contribution in [2.45, 2.75) is 47.1 Å². The molecule has 0 aliphatic carbocycles. The van der Waals surface area contributed by atoms with Gasteiger partial charge in [-0.3, -0.25) is 14.5 Å². The summed E-state index contributed by atoms with van der Waals surface area (Å²) < 4.78 is 0.